The molecule has 2 aromatic rings. The molecule has 144 valence electrons. The summed E-state index contributed by atoms with van der Waals surface area (Å²) >= 11 is 6.12. The maximum absolute atomic E-state index is 12.2. The number of hydrogen-bond donors (Lipinski definition) is 1. The van der Waals surface area contributed by atoms with Gasteiger partial charge in [0.15, 0.2) is 0 Å². The van der Waals surface area contributed by atoms with Crippen molar-refractivity contribution in [2.24, 2.45) is 0 Å². The second-order valence-electron chi connectivity index (χ2n) is 6.05. The van der Waals surface area contributed by atoms with E-state index in [9.17, 15) is 14.0 Å². The SMILES string of the molecule is N#CCNc1nc(Cl)c(C#N)c2c1CN(Cc1ccc(OC(F)F)nc1)CC2. The van der Waals surface area contributed by atoms with Crippen LogP contribution in [0.1, 0.15) is 22.3 Å². The predicted octanol–water partition coefficient (Wildman–Crippen LogP) is 3.10. The van der Waals surface area contributed by atoms with Crippen LogP contribution in [0.3, 0.4) is 0 Å². The summed E-state index contributed by atoms with van der Waals surface area (Å²) in [5.74, 6) is 0.354. The van der Waals surface area contributed by atoms with Gasteiger partial charge in [-0.15, -0.1) is 0 Å². The molecule has 1 aliphatic rings. The highest BCUT2D eigenvalue weighted by molar-refractivity contribution is 6.30. The van der Waals surface area contributed by atoms with Crippen LogP contribution >= 0.6 is 11.6 Å². The van der Waals surface area contributed by atoms with Gasteiger partial charge in [-0.05, 0) is 17.5 Å². The second-order valence-corrected chi connectivity index (χ2v) is 6.41. The van der Waals surface area contributed by atoms with Gasteiger partial charge in [0, 0.05) is 37.5 Å². The lowest BCUT2D eigenvalue weighted by molar-refractivity contribution is -0.0528. The molecule has 1 N–H and O–H groups in total. The maximum Gasteiger partial charge on any atom is 0.388 e. The minimum atomic E-state index is -2.91. The Bertz CT molecular complexity index is 939. The van der Waals surface area contributed by atoms with Gasteiger partial charge in [-0.25, -0.2) is 9.97 Å². The van der Waals surface area contributed by atoms with E-state index in [0.29, 0.717) is 37.4 Å². The van der Waals surface area contributed by atoms with Gasteiger partial charge < -0.3 is 10.1 Å². The average Bonchev–Trinajstić information content (AvgIpc) is 2.67. The van der Waals surface area contributed by atoms with Crippen LogP contribution in [-0.4, -0.2) is 34.6 Å². The van der Waals surface area contributed by atoms with Gasteiger partial charge in [-0.3, -0.25) is 4.90 Å². The van der Waals surface area contributed by atoms with Crippen LogP contribution in [0.25, 0.3) is 0 Å². The summed E-state index contributed by atoms with van der Waals surface area (Å²) in [6, 6.07) is 7.17. The van der Waals surface area contributed by atoms with Crippen LogP contribution in [0.4, 0.5) is 14.6 Å². The number of pyridine rings is 2. The Morgan fingerprint density at radius 3 is 2.79 bits per heavy atom. The Morgan fingerprint density at radius 2 is 2.14 bits per heavy atom. The summed E-state index contributed by atoms with van der Waals surface area (Å²) in [6.45, 7) is -1.14. The van der Waals surface area contributed by atoms with Crippen LogP contribution in [-0.2, 0) is 19.5 Å². The van der Waals surface area contributed by atoms with Gasteiger partial charge in [0.2, 0.25) is 5.88 Å². The molecule has 1 aliphatic heterocycles. The summed E-state index contributed by atoms with van der Waals surface area (Å²) in [4.78, 5) is 10.2. The predicted molar refractivity (Wildman–Crippen MR) is 96.8 cm³/mol. The standard InChI is InChI=1S/C18H15ClF2N6O/c19-16-13(7-23)12-3-6-27(10-14(12)17(26-16)24-5-4-22)9-11-1-2-15(25-8-11)28-18(20)21/h1-2,8,18H,3,5-6,9-10H2,(H,24,26). The summed E-state index contributed by atoms with van der Waals surface area (Å²) < 4.78 is 28.7. The third-order valence-electron chi connectivity index (χ3n) is 4.29. The number of hydrogen-bond acceptors (Lipinski definition) is 7. The molecular formula is C18H15ClF2N6O. The first kappa shape index (κ1) is 19.7. The molecule has 0 atom stereocenters. The zero-order valence-electron chi connectivity index (χ0n) is 14.6. The molecule has 0 aromatic carbocycles. The van der Waals surface area contributed by atoms with Gasteiger partial charge >= 0.3 is 6.61 Å². The second kappa shape index (κ2) is 8.79. The molecule has 0 aliphatic carbocycles. The molecule has 3 heterocycles. The Morgan fingerprint density at radius 1 is 1.32 bits per heavy atom. The van der Waals surface area contributed by atoms with E-state index in [4.69, 9.17) is 16.9 Å². The van der Waals surface area contributed by atoms with Crippen molar-refractivity contribution < 1.29 is 13.5 Å². The maximum atomic E-state index is 12.2. The Hall–Kier alpha value is -3.01. The molecular weight excluding hydrogens is 390 g/mol. The lowest BCUT2D eigenvalue weighted by Gasteiger charge is -2.30. The van der Waals surface area contributed by atoms with E-state index in [1.54, 1.807) is 6.07 Å². The van der Waals surface area contributed by atoms with E-state index in [1.165, 1.54) is 12.3 Å². The van der Waals surface area contributed by atoms with E-state index in [-0.39, 0.29) is 17.6 Å². The number of fused-ring (bicyclic) bond motifs is 1. The largest absolute Gasteiger partial charge is 0.417 e. The first-order valence-electron chi connectivity index (χ1n) is 8.36. The molecule has 0 saturated carbocycles. The van der Waals surface area contributed by atoms with E-state index in [0.717, 1.165) is 16.7 Å². The number of nitriles is 2. The highest BCUT2D eigenvalue weighted by Gasteiger charge is 2.25. The van der Waals surface area contributed by atoms with E-state index >= 15 is 0 Å². The highest BCUT2D eigenvalue weighted by Crippen LogP contribution is 2.32. The topological polar surface area (TPSA) is 97.9 Å². The zero-order chi connectivity index (χ0) is 20.1. The molecule has 3 rings (SSSR count). The summed E-state index contributed by atoms with van der Waals surface area (Å²) in [5.41, 5.74) is 2.85. The number of ether oxygens (including phenoxy) is 1. The van der Waals surface area contributed by atoms with Crippen molar-refractivity contribution in [3.63, 3.8) is 0 Å². The number of nitrogens with one attached hydrogen (secondary N) is 1. The van der Waals surface area contributed by atoms with Gasteiger partial charge in [0.1, 0.15) is 23.6 Å². The van der Waals surface area contributed by atoms with Crippen molar-refractivity contribution >= 4 is 17.4 Å². The van der Waals surface area contributed by atoms with Crippen molar-refractivity contribution in [3.8, 4) is 18.0 Å². The summed E-state index contributed by atoms with van der Waals surface area (Å²) in [6.07, 6.45) is 2.09. The van der Waals surface area contributed by atoms with Crippen molar-refractivity contribution in [3.05, 3.63) is 45.7 Å². The molecule has 10 heteroatoms. The lowest BCUT2D eigenvalue weighted by atomic mass is 9.96. The molecule has 0 bridgehead atoms. The lowest BCUT2D eigenvalue weighted by Crippen LogP contribution is -2.31. The normalized spacial score (nSPS) is 13.5. The van der Waals surface area contributed by atoms with Gasteiger partial charge in [-0.1, -0.05) is 17.7 Å². The molecule has 7 nitrogen and oxygen atoms in total. The molecule has 0 radical (unpaired) electrons. The van der Waals surface area contributed by atoms with Crippen molar-refractivity contribution in [2.75, 3.05) is 18.4 Å². The fraction of sp³-hybridized carbons (Fsp3) is 0.333. The van der Waals surface area contributed by atoms with Gasteiger partial charge in [0.25, 0.3) is 0 Å². The minimum absolute atomic E-state index is 0.0667. The monoisotopic (exact) mass is 404 g/mol. The van der Waals surface area contributed by atoms with E-state index < -0.39 is 6.61 Å². The Balaban J connectivity index is 1.79. The average molecular weight is 405 g/mol. The molecule has 0 saturated heterocycles. The van der Waals surface area contributed by atoms with Crippen LogP contribution in [0, 0.1) is 22.7 Å². The van der Waals surface area contributed by atoms with Gasteiger partial charge in [-0.2, -0.15) is 19.3 Å². The number of rotatable bonds is 6. The number of aromatic nitrogens is 2. The van der Waals surface area contributed by atoms with Crippen molar-refractivity contribution in [1.29, 1.82) is 10.5 Å². The Labute approximate surface area is 165 Å². The fourth-order valence-electron chi connectivity index (χ4n) is 3.10. The smallest absolute Gasteiger partial charge is 0.388 e. The first-order valence-corrected chi connectivity index (χ1v) is 8.74. The van der Waals surface area contributed by atoms with Crippen LogP contribution in [0.2, 0.25) is 5.15 Å². The molecule has 0 spiro atoms. The van der Waals surface area contributed by atoms with Crippen molar-refractivity contribution in [2.45, 2.75) is 26.1 Å². The third kappa shape index (κ3) is 4.45. The van der Waals surface area contributed by atoms with E-state index in [1.807, 2.05) is 6.07 Å². The van der Waals surface area contributed by atoms with Crippen LogP contribution in [0.5, 0.6) is 5.88 Å². The summed E-state index contributed by atoms with van der Waals surface area (Å²) in [5, 5.41) is 21.3. The molecule has 2 aromatic heterocycles. The van der Waals surface area contributed by atoms with Crippen LogP contribution in [0.15, 0.2) is 18.3 Å². The Kier molecular flexibility index (Phi) is 6.19. The molecule has 0 amide bonds. The number of alkyl halides is 2. The first-order chi connectivity index (χ1) is 13.5. The quantitative estimate of drug-likeness (QED) is 0.583. The summed E-state index contributed by atoms with van der Waals surface area (Å²) in [7, 11) is 0. The molecule has 0 unspecified atom stereocenters. The number of halogens is 3. The van der Waals surface area contributed by atoms with Crippen molar-refractivity contribution in [1.82, 2.24) is 14.9 Å². The molecule has 0 fully saturated rings. The highest BCUT2D eigenvalue weighted by atomic mass is 35.5. The van der Waals surface area contributed by atoms with Crippen LogP contribution < -0.4 is 10.1 Å². The number of anilines is 1. The van der Waals surface area contributed by atoms with Gasteiger partial charge in [0.05, 0.1) is 11.6 Å². The minimum Gasteiger partial charge on any atom is -0.417 e. The molecule has 28 heavy (non-hydrogen) atoms. The zero-order valence-corrected chi connectivity index (χ0v) is 15.4. The number of nitrogens with zero attached hydrogens (tertiary/aromatic N) is 5. The third-order valence-corrected chi connectivity index (χ3v) is 4.56. The fourth-order valence-corrected chi connectivity index (χ4v) is 3.34. The van der Waals surface area contributed by atoms with E-state index in [2.05, 4.69) is 31.0 Å².